The van der Waals surface area contributed by atoms with Gasteiger partial charge in [0.25, 0.3) is 0 Å². The lowest BCUT2D eigenvalue weighted by Gasteiger charge is -2.30. The van der Waals surface area contributed by atoms with Crippen molar-refractivity contribution in [1.29, 1.82) is 0 Å². The van der Waals surface area contributed by atoms with E-state index in [1.807, 2.05) is 4.72 Å². The van der Waals surface area contributed by atoms with Crippen LogP contribution in [0, 0.1) is 0 Å². The lowest BCUT2D eigenvalue weighted by molar-refractivity contribution is 0.158. The number of fused-ring (bicyclic) bond motifs is 1. The molecule has 0 aliphatic carbocycles. The third-order valence-electron chi connectivity index (χ3n) is 2.96. The molecule has 0 unspecified atom stereocenters. The van der Waals surface area contributed by atoms with Crippen molar-refractivity contribution in [2.24, 2.45) is 0 Å². The van der Waals surface area contributed by atoms with Crippen LogP contribution >= 0.6 is 0 Å². The SMILES string of the molecule is CCOC(=O)NS(=O)(=O)N1CCCc2ccc(N)cc21. The number of carbonyl (C=O) groups is 1. The maximum atomic E-state index is 12.2. The Hall–Kier alpha value is -1.96. The number of hydrogen-bond donors (Lipinski definition) is 2. The summed E-state index contributed by atoms with van der Waals surface area (Å²) < 4.78 is 32.1. The van der Waals surface area contributed by atoms with Gasteiger partial charge in [0.05, 0.1) is 12.3 Å². The predicted octanol–water partition coefficient (Wildman–Crippen LogP) is 1.01. The van der Waals surface area contributed by atoms with E-state index in [0.29, 0.717) is 24.3 Å². The minimum Gasteiger partial charge on any atom is -0.449 e. The highest BCUT2D eigenvalue weighted by atomic mass is 32.2. The fourth-order valence-electron chi connectivity index (χ4n) is 2.13. The standard InChI is InChI=1S/C12H17N3O4S/c1-2-19-12(16)14-20(17,18)15-7-3-4-9-5-6-10(13)8-11(9)15/h5-6,8H,2-4,7,13H2,1H3,(H,14,16). The van der Waals surface area contributed by atoms with Gasteiger partial charge in [-0.25, -0.2) is 9.52 Å². The van der Waals surface area contributed by atoms with Crippen molar-refractivity contribution in [3.05, 3.63) is 23.8 Å². The first-order valence-electron chi connectivity index (χ1n) is 6.29. The van der Waals surface area contributed by atoms with Crippen molar-refractivity contribution in [3.8, 4) is 0 Å². The molecule has 3 N–H and O–H groups in total. The Morgan fingerprint density at radius 1 is 1.50 bits per heavy atom. The van der Waals surface area contributed by atoms with Gasteiger partial charge >= 0.3 is 16.3 Å². The summed E-state index contributed by atoms with van der Waals surface area (Å²) in [5.41, 5.74) is 7.57. The van der Waals surface area contributed by atoms with Crippen LogP contribution in [0.4, 0.5) is 16.2 Å². The summed E-state index contributed by atoms with van der Waals surface area (Å²) in [6, 6.07) is 5.13. The van der Waals surface area contributed by atoms with Crippen molar-refractivity contribution < 1.29 is 17.9 Å². The van der Waals surface area contributed by atoms with Crippen molar-refractivity contribution in [2.75, 3.05) is 23.2 Å². The predicted molar refractivity (Wildman–Crippen MR) is 75.6 cm³/mol. The molecule has 110 valence electrons. The van der Waals surface area contributed by atoms with Gasteiger partial charge in [0.1, 0.15) is 0 Å². The highest BCUT2D eigenvalue weighted by molar-refractivity contribution is 7.91. The Bertz CT molecular complexity index is 615. The maximum Gasteiger partial charge on any atom is 0.422 e. The van der Waals surface area contributed by atoms with Gasteiger partial charge in [-0.05, 0) is 37.5 Å². The van der Waals surface area contributed by atoms with E-state index in [9.17, 15) is 13.2 Å². The van der Waals surface area contributed by atoms with Gasteiger partial charge < -0.3 is 10.5 Å². The van der Waals surface area contributed by atoms with Crippen LogP contribution in [0.5, 0.6) is 0 Å². The van der Waals surface area contributed by atoms with Crippen LogP contribution in [-0.2, 0) is 21.4 Å². The topological polar surface area (TPSA) is 102 Å². The number of nitrogens with zero attached hydrogens (tertiary/aromatic N) is 1. The molecule has 1 aliphatic rings. The number of nitrogens with two attached hydrogens (primary N) is 1. The van der Waals surface area contributed by atoms with E-state index in [4.69, 9.17) is 5.73 Å². The Morgan fingerprint density at radius 3 is 2.95 bits per heavy atom. The van der Waals surface area contributed by atoms with Crippen molar-refractivity contribution in [1.82, 2.24) is 4.72 Å². The lowest BCUT2D eigenvalue weighted by atomic mass is 10.0. The summed E-state index contributed by atoms with van der Waals surface area (Å²) in [7, 11) is -3.98. The quantitative estimate of drug-likeness (QED) is 0.811. The number of nitrogens with one attached hydrogen (secondary N) is 1. The third kappa shape index (κ3) is 2.96. The largest absolute Gasteiger partial charge is 0.449 e. The Balaban J connectivity index is 2.30. The molecule has 2 rings (SSSR count). The summed E-state index contributed by atoms with van der Waals surface area (Å²) in [4.78, 5) is 11.3. The van der Waals surface area contributed by atoms with Crippen molar-refractivity contribution in [3.63, 3.8) is 0 Å². The van der Waals surface area contributed by atoms with Gasteiger partial charge in [0.15, 0.2) is 0 Å². The monoisotopic (exact) mass is 299 g/mol. The first kappa shape index (κ1) is 14.4. The summed E-state index contributed by atoms with van der Waals surface area (Å²) in [5.74, 6) is 0. The van der Waals surface area contributed by atoms with E-state index in [2.05, 4.69) is 4.74 Å². The molecule has 1 heterocycles. The third-order valence-corrected chi connectivity index (χ3v) is 4.35. The number of hydrogen-bond acceptors (Lipinski definition) is 5. The number of aryl methyl sites for hydroxylation is 1. The van der Waals surface area contributed by atoms with Gasteiger partial charge in [-0.15, -0.1) is 0 Å². The molecule has 0 fully saturated rings. The van der Waals surface area contributed by atoms with E-state index >= 15 is 0 Å². The van der Waals surface area contributed by atoms with Gasteiger partial charge in [0, 0.05) is 12.2 Å². The molecule has 0 radical (unpaired) electrons. The second kappa shape index (κ2) is 5.58. The molecule has 1 aromatic rings. The van der Waals surface area contributed by atoms with E-state index in [-0.39, 0.29) is 6.61 Å². The Kier molecular flexibility index (Phi) is 4.03. The second-order valence-corrected chi connectivity index (χ2v) is 5.99. The molecule has 20 heavy (non-hydrogen) atoms. The molecule has 1 aliphatic heterocycles. The smallest absolute Gasteiger partial charge is 0.422 e. The van der Waals surface area contributed by atoms with Gasteiger partial charge in [-0.1, -0.05) is 6.07 Å². The number of nitrogen functional groups attached to an aromatic ring is 1. The van der Waals surface area contributed by atoms with E-state index in [1.54, 1.807) is 25.1 Å². The van der Waals surface area contributed by atoms with E-state index < -0.39 is 16.3 Å². The molecule has 0 spiro atoms. The van der Waals surface area contributed by atoms with E-state index in [0.717, 1.165) is 16.3 Å². The minimum atomic E-state index is -3.98. The number of ether oxygens (including phenoxy) is 1. The van der Waals surface area contributed by atoms with Crippen molar-refractivity contribution in [2.45, 2.75) is 19.8 Å². The average molecular weight is 299 g/mol. The number of carbonyl (C=O) groups excluding carboxylic acids is 1. The van der Waals surface area contributed by atoms with Crippen LogP contribution in [0.25, 0.3) is 0 Å². The molecule has 8 heteroatoms. The molecule has 0 saturated heterocycles. The van der Waals surface area contributed by atoms with Gasteiger partial charge in [0.2, 0.25) is 0 Å². The summed E-state index contributed by atoms with van der Waals surface area (Å²) in [5, 5.41) is 0. The average Bonchev–Trinajstić information content (AvgIpc) is 2.37. The second-order valence-electron chi connectivity index (χ2n) is 4.39. The highest BCUT2D eigenvalue weighted by Gasteiger charge is 2.29. The molecule has 0 aromatic heterocycles. The van der Waals surface area contributed by atoms with Crippen LogP contribution < -0.4 is 14.8 Å². The number of benzene rings is 1. The number of rotatable bonds is 3. The summed E-state index contributed by atoms with van der Waals surface area (Å²) >= 11 is 0. The van der Waals surface area contributed by atoms with Crippen LogP contribution in [0.15, 0.2) is 18.2 Å². The van der Waals surface area contributed by atoms with Crippen LogP contribution in [0.1, 0.15) is 18.9 Å². The van der Waals surface area contributed by atoms with Crippen LogP contribution in [0.3, 0.4) is 0 Å². The zero-order valence-corrected chi connectivity index (χ0v) is 11.9. The molecule has 7 nitrogen and oxygen atoms in total. The molecule has 0 atom stereocenters. The number of anilines is 2. The molecule has 0 bridgehead atoms. The lowest BCUT2D eigenvalue weighted by Crippen LogP contribution is -2.46. The number of amides is 1. The molecule has 1 amide bonds. The van der Waals surface area contributed by atoms with Crippen LogP contribution in [-0.4, -0.2) is 27.7 Å². The molecular weight excluding hydrogens is 282 g/mol. The minimum absolute atomic E-state index is 0.102. The molecular formula is C12H17N3O4S. The van der Waals surface area contributed by atoms with Crippen molar-refractivity contribution >= 4 is 27.7 Å². The Morgan fingerprint density at radius 2 is 2.25 bits per heavy atom. The molecule has 0 saturated carbocycles. The maximum absolute atomic E-state index is 12.2. The Labute approximate surface area is 117 Å². The summed E-state index contributed by atoms with van der Waals surface area (Å²) in [6.07, 6.45) is 0.477. The van der Waals surface area contributed by atoms with Gasteiger partial charge in [-0.3, -0.25) is 4.31 Å². The first-order chi connectivity index (χ1) is 9.44. The fraction of sp³-hybridized carbons (Fsp3) is 0.417. The highest BCUT2D eigenvalue weighted by Crippen LogP contribution is 2.30. The van der Waals surface area contributed by atoms with Crippen LogP contribution in [0.2, 0.25) is 0 Å². The summed E-state index contributed by atoms with van der Waals surface area (Å²) in [6.45, 7) is 2.00. The molecule has 1 aromatic carbocycles. The zero-order chi connectivity index (χ0) is 14.8. The normalized spacial score (nSPS) is 14.6. The van der Waals surface area contributed by atoms with Gasteiger partial charge in [-0.2, -0.15) is 8.42 Å². The first-order valence-corrected chi connectivity index (χ1v) is 7.73. The fourth-order valence-corrected chi connectivity index (χ4v) is 3.31. The van der Waals surface area contributed by atoms with E-state index in [1.165, 1.54) is 0 Å². The zero-order valence-electron chi connectivity index (χ0n) is 11.1.